The third kappa shape index (κ3) is 4.58. The second-order valence-electron chi connectivity index (χ2n) is 8.27. The highest BCUT2D eigenvalue weighted by atomic mass is 16.6. The van der Waals surface area contributed by atoms with E-state index in [4.69, 9.17) is 4.74 Å². The normalized spacial score (nSPS) is 11.4. The van der Waals surface area contributed by atoms with Gasteiger partial charge in [0.25, 0.3) is 11.5 Å². The van der Waals surface area contributed by atoms with Gasteiger partial charge in [-0.1, -0.05) is 24.3 Å². The Morgan fingerprint density at radius 2 is 1.90 bits per heavy atom. The number of carbonyl (C=O) groups is 2. The van der Waals surface area contributed by atoms with Gasteiger partial charge in [-0.25, -0.2) is 4.98 Å². The number of amides is 1. The van der Waals surface area contributed by atoms with Crippen LogP contribution in [0.4, 0.5) is 0 Å². The van der Waals surface area contributed by atoms with Gasteiger partial charge in [-0.3, -0.25) is 19.0 Å². The molecule has 0 saturated carbocycles. The summed E-state index contributed by atoms with van der Waals surface area (Å²) in [7, 11) is 1.47. The van der Waals surface area contributed by atoms with Crippen molar-refractivity contribution in [1.82, 2.24) is 14.9 Å². The van der Waals surface area contributed by atoms with E-state index >= 15 is 0 Å². The number of aromatic hydroxyl groups is 1. The van der Waals surface area contributed by atoms with Crippen molar-refractivity contribution in [3.05, 3.63) is 58.0 Å². The molecule has 0 aliphatic rings. The van der Waals surface area contributed by atoms with Crippen LogP contribution in [0.15, 0.2) is 41.3 Å². The molecule has 2 aromatic heterocycles. The van der Waals surface area contributed by atoms with Gasteiger partial charge in [-0.2, -0.15) is 0 Å². The molecule has 0 atom stereocenters. The van der Waals surface area contributed by atoms with Gasteiger partial charge < -0.3 is 15.2 Å². The maximum Gasteiger partial charge on any atom is 0.325 e. The van der Waals surface area contributed by atoms with Crippen molar-refractivity contribution >= 4 is 22.9 Å². The zero-order valence-corrected chi connectivity index (χ0v) is 18.1. The third-order valence-electron chi connectivity index (χ3n) is 4.69. The Morgan fingerprint density at radius 1 is 1.23 bits per heavy atom. The van der Waals surface area contributed by atoms with Crippen molar-refractivity contribution in [2.24, 2.45) is 7.05 Å². The number of hydrogen-bond donors (Lipinski definition) is 2. The first kappa shape index (κ1) is 22.0. The number of carbonyl (C=O) groups excluding carboxylic acids is 2. The van der Waals surface area contributed by atoms with Crippen LogP contribution < -0.4 is 10.9 Å². The smallest absolute Gasteiger partial charge is 0.325 e. The van der Waals surface area contributed by atoms with Crippen molar-refractivity contribution < 1.29 is 19.4 Å². The fraction of sp³-hybridized carbons (Fsp3) is 0.304. The van der Waals surface area contributed by atoms with Crippen molar-refractivity contribution in [2.45, 2.75) is 33.3 Å². The van der Waals surface area contributed by atoms with E-state index in [1.54, 1.807) is 33.0 Å². The fourth-order valence-corrected chi connectivity index (χ4v) is 3.27. The van der Waals surface area contributed by atoms with E-state index in [1.165, 1.54) is 11.6 Å². The number of benzene rings is 1. The monoisotopic (exact) mass is 423 g/mol. The van der Waals surface area contributed by atoms with Crippen LogP contribution in [0.5, 0.6) is 5.75 Å². The lowest BCUT2D eigenvalue weighted by Gasteiger charge is -2.19. The van der Waals surface area contributed by atoms with Crippen LogP contribution in [-0.2, 0) is 16.6 Å². The molecule has 0 aliphatic heterocycles. The number of nitrogens with zero attached hydrogens (tertiary/aromatic N) is 2. The van der Waals surface area contributed by atoms with E-state index in [2.05, 4.69) is 10.3 Å². The topological polar surface area (TPSA) is 111 Å². The SMILES string of the molecule is Cc1ccccc1-c1cnc2c(c1)c(O)c(C(=O)NCC(=O)OC(C)(C)C)c(=O)n2C. The van der Waals surface area contributed by atoms with E-state index < -0.39 is 40.9 Å². The van der Waals surface area contributed by atoms with Gasteiger partial charge in [-0.15, -0.1) is 0 Å². The van der Waals surface area contributed by atoms with Gasteiger partial charge in [-0.05, 0) is 44.9 Å². The second kappa shape index (κ2) is 8.22. The van der Waals surface area contributed by atoms with Crippen molar-refractivity contribution in [2.75, 3.05) is 6.54 Å². The van der Waals surface area contributed by atoms with Crippen molar-refractivity contribution in [1.29, 1.82) is 0 Å². The van der Waals surface area contributed by atoms with Gasteiger partial charge in [0.2, 0.25) is 0 Å². The standard InChI is InChI=1S/C23H25N3O5/c1-13-8-6-7-9-15(13)14-10-16-19(28)18(22(30)26(5)20(16)24-11-14)21(29)25-12-17(27)31-23(2,3)4/h6-11,28H,12H2,1-5H3,(H,25,29). The van der Waals surface area contributed by atoms with Crippen LogP contribution in [0.25, 0.3) is 22.2 Å². The van der Waals surface area contributed by atoms with Gasteiger partial charge in [0, 0.05) is 18.8 Å². The first-order chi connectivity index (χ1) is 14.5. The molecule has 2 N–H and O–H groups in total. The van der Waals surface area contributed by atoms with Crippen LogP contribution in [0, 0.1) is 6.92 Å². The second-order valence-corrected chi connectivity index (χ2v) is 8.27. The predicted octanol–water partition coefficient (Wildman–Crippen LogP) is 2.69. The fourth-order valence-electron chi connectivity index (χ4n) is 3.27. The molecule has 0 saturated heterocycles. The molecule has 0 radical (unpaired) electrons. The molecule has 3 aromatic rings. The summed E-state index contributed by atoms with van der Waals surface area (Å²) in [5.41, 5.74) is 1.03. The van der Waals surface area contributed by atoms with Gasteiger partial charge >= 0.3 is 5.97 Å². The number of aromatic nitrogens is 2. The molecule has 31 heavy (non-hydrogen) atoms. The molecular weight excluding hydrogens is 398 g/mol. The molecule has 2 heterocycles. The first-order valence-electron chi connectivity index (χ1n) is 9.77. The molecule has 0 fully saturated rings. The Labute approximate surface area is 179 Å². The number of fused-ring (bicyclic) bond motifs is 1. The van der Waals surface area contributed by atoms with E-state index in [-0.39, 0.29) is 11.0 Å². The molecule has 8 nitrogen and oxygen atoms in total. The number of esters is 1. The average molecular weight is 423 g/mol. The molecule has 0 unspecified atom stereocenters. The summed E-state index contributed by atoms with van der Waals surface area (Å²) in [5, 5.41) is 13.4. The molecule has 1 amide bonds. The number of rotatable bonds is 4. The Bertz CT molecular complexity index is 1240. The van der Waals surface area contributed by atoms with Crippen LogP contribution in [0.3, 0.4) is 0 Å². The minimum absolute atomic E-state index is 0.239. The van der Waals surface area contributed by atoms with Crippen molar-refractivity contribution in [3.8, 4) is 16.9 Å². The van der Waals surface area contributed by atoms with Gasteiger partial charge in [0.05, 0.1) is 5.39 Å². The number of aryl methyl sites for hydroxylation is 2. The maximum atomic E-state index is 12.7. The highest BCUT2D eigenvalue weighted by Gasteiger charge is 2.24. The molecule has 1 aromatic carbocycles. The first-order valence-corrected chi connectivity index (χ1v) is 9.77. The highest BCUT2D eigenvalue weighted by molar-refractivity contribution is 6.03. The van der Waals surface area contributed by atoms with Crippen molar-refractivity contribution in [3.63, 3.8) is 0 Å². The van der Waals surface area contributed by atoms with Crippen LogP contribution in [0.1, 0.15) is 36.7 Å². The predicted molar refractivity (Wildman–Crippen MR) is 117 cm³/mol. The van der Waals surface area contributed by atoms with Crippen LogP contribution in [-0.4, -0.2) is 38.7 Å². The number of ether oxygens (including phenoxy) is 1. The quantitative estimate of drug-likeness (QED) is 0.624. The minimum atomic E-state index is -0.868. The van der Waals surface area contributed by atoms with E-state index in [9.17, 15) is 19.5 Å². The molecule has 3 rings (SSSR count). The zero-order valence-electron chi connectivity index (χ0n) is 18.1. The summed E-state index contributed by atoms with van der Waals surface area (Å²) >= 11 is 0. The number of nitrogens with one attached hydrogen (secondary N) is 1. The van der Waals surface area contributed by atoms with Crippen LogP contribution >= 0.6 is 0 Å². The highest BCUT2D eigenvalue weighted by Crippen LogP contribution is 2.30. The molecular formula is C23H25N3O5. The molecule has 0 aliphatic carbocycles. The van der Waals surface area contributed by atoms with E-state index in [1.807, 2.05) is 31.2 Å². The molecule has 0 bridgehead atoms. The maximum absolute atomic E-state index is 12.7. The van der Waals surface area contributed by atoms with Crippen LogP contribution in [0.2, 0.25) is 0 Å². The largest absolute Gasteiger partial charge is 0.506 e. The van der Waals surface area contributed by atoms with E-state index in [0.29, 0.717) is 0 Å². The lowest BCUT2D eigenvalue weighted by molar-refractivity contribution is -0.153. The Balaban J connectivity index is 2.02. The zero-order chi connectivity index (χ0) is 22.9. The lowest BCUT2D eigenvalue weighted by atomic mass is 10.0. The Morgan fingerprint density at radius 3 is 2.55 bits per heavy atom. The minimum Gasteiger partial charge on any atom is -0.506 e. The summed E-state index contributed by atoms with van der Waals surface area (Å²) in [6.45, 7) is 6.64. The van der Waals surface area contributed by atoms with Gasteiger partial charge in [0.1, 0.15) is 29.1 Å². The van der Waals surface area contributed by atoms with E-state index in [0.717, 1.165) is 16.7 Å². The lowest BCUT2D eigenvalue weighted by Crippen LogP contribution is -2.37. The number of pyridine rings is 2. The summed E-state index contributed by atoms with van der Waals surface area (Å²) in [5.74, 6) is -2.00. The van der Waals surface area contributed by atoms with Gasteiger partial charge in [0.15, 0.2) is 0 Å². The summed E-state index contributed by atoms with van der Waals surface area (Å²) < 4.78 is 6.34. The summed E-state index contributed by atoms with van der Waals surface area (Å²) in [6.07, 6.45) is 1.62. The molecule has 8 heteroatoms. The summed E-state index contributed by atoms with van der Waals surface area (Å²) in [6, 6.07) is 9.37. The third-order valence-corrected chi connectivity index (χ3v) is 4.69. The Kier molecular flexibility index (Phi) is 5.83. The summed E-state index contributed by atoms with van der Waals surface area (Å²) in [4.78, 5) is 41.6. The average Bonchev–Trinajstić information content (AvgIpc) is 2.69. The molecule has 0 spiro atoms. The molecule has 162 valence electrons. The Hall–Kier alpha value is -3.68. The number of hydrogen-bond acceptors (Lipinski definition) is 6.